The van der Waals surface area contributed by atoms with E-state index in [-0.39, 0.29) is 29.4 Å². The molecule has 0 unspecified atom stereocenters. The van der Waals surface area contributed by atoms with Crippen molar-refractivity contribution >= 4 is 23.4 Å². The zero-order valence-electron chi connectivity index (χ0n) is 14.6. The third-order valence-electron chi connectivity index (χ3n) is 5.14. The molecule has 0 aliphatic carbocycles. The molecule has 2 aliphatic heterocycles. The van der Waals surface area contributed by atoms with Crippen LogP contribution >= 0.6 is 0 Å². The minimum Gasteiger partial charge on any atom is -0.459 e. The number of carbonyl (C=O) groups excluding carboxylic acids is 3. The van der Waals surface area contributed by atoms with Gasteiger partial charge in [0.05, 0.1) is 6.26 Å². The molecule has 0 saturated heterocycles. The first-order chi connectivity index (χ1) is 12.5. The van der Waals surface area contributed by atoms with Gasteiger partial charge in [0, 0.05) is 37.8 Å². The number of rotatable bonds is 2. The van der Waals surface area contributed by atoms with Crippen LogP contribution in [0, 0.1) is 0 Å². The molecular formula is C19H19N3O4. The number of furan rings is 1. The molecule has 1 N–H and O–H groups in total. The van der Waals surface area contributed by atoms with Crippen LogP contribution in [0.3, 0.4) is 0 Å². The number of hydrogen-bond acceptors (Lipinski definition) is 4. The molecule has 0 fully saturated rings. The Morgan fingerprint density at radius 3 is 2.73 bits per heavy atom. The molecule has 26 heavy (non-hydrogen) atoms. The van der Waals surface area contributed by atoms with E-state index >= 15 is 0 Å². The second-order valence-electron chi connectivity index (χ2n) is 6.64. The molecule has 1 aromatic carbocycles. The summed E-state index contributed by atoms with van der Waals surface area (Å²) >= 11 is 0. The number of nitrogens with one attached hydrogen (secondary N) is 1. The van der Waals surface area contributed by atoms with Crippen LogP contribution in [0.4, 0.5) is 5.69 Å². The lowest BCUT2D eigenvalue weighted by Gasteiger charge is -2.43. The van der Waals surface area contributed by atoms with Gasteiger partial charge in [0.15, 0.2) is 5.76 Å². The van der Waals surface area contributed by atoms with E-state index in [0.717, 1.165) is 5.56 Å². The van der Waals surface area contributed by atoms with Crippen LogP contribution in [-0.4, -0.2) is 49.3 Å². The van der Waals surface area contributed by atoms with Crippen molar-refractivity contribution in [3.63, 3.8) is 0 Å². The van der Waals surface area contributed by atoms with Gasteiger partial charge in [-0.15, -0.1) is 0 Å². The summed E-state index contributed by atoms with van der Waals surface area (Å²) in [6.45, 7) is 0.527. The highest BCUT2D eigenvalue weighted by molar-refractivity contribution is 6.11. The lowest BCUT2D eigenvalue weighted by atomic mass is 9.79. The molecule has 7 heteroatoms. The summed E-state index contributed by atoms with van der Waals surface area (Å²) in [6.07, 6.45) is 1.88. The average Bonchev–Trinajstić information content (AvgIpc) is 3.19. The Hall–Kier alpha value is -3.09. The Morgan fingerprint density at radius 2 is 2.04 bits per heavy atom. The first-order valence-electron chi connectivity index (χ1n) is 8.50. The van der Waals surface area contributed by atoms with Crippen molar-refractivity contribution in [2.45, 2.75) is 18.4 Å². The Labute approximate surface area is 150 Å². The van der Waals surface area contributed by atoms with Gasteiger partial charge in [-0.3, -0.25) is 19.3 Å². The molecule has 134 valence electrons. The summed E-state index contributed by atoms with van der Waals surface area (Å²) in [6, 6.07) is 7.86. The van der Waals surface area contributed by atoms with Crippen LogP contribution in [0.5, 0.6) is 0 Å². The Bertz CT molecular complexity index is 890. The zero-order chi connectivity index (χ0) is 18.4. The van der Waals surface area contributed by atoms with Gasteiger partial charge in [0.25, 0.3) is 11.8 Å². The smallest absolute Gasteiger partial charge is 0.294 e. The molecule has 1 aromatic heterocycles. The quantitative estimate of drug-likeness (QED) is 0.889. The fourth-order valence-electron chi connectivity index (χ4n) is 3.99. The van der Waals surface area contributed by atoms with E-state index in [0.29, 0.717) is 24.2 Å². The molecule has 0 spiro atoms. The zero-order valence-corrected chi connectivity index (χ0v) is 14.6. The molecule has 3 heterocycles. The molecule has 0 radical (unpaired) electrons. The van der Waals surface area contributed by atoms with E-state index in [1.165, 1.54) is 11.2 Å². The monoisotopic (exact) mass is 353 g/mol. The van der Waals surface area contributed by atoms with Crippen LogP contribution in [0.25, 0.3) is 0 Å². The molecule has 2 atom stereocenters. The minimum absolute atomic E-state index is 0.00634. The first-order valence-corrected chi connectivity index (χ1v) is 8.50. The van der Waals surface area contributed by atoms with Crippen LogP contribution in [0.2, 0.25) is 0 Å². The maximum absolute atomic E-state index is 13.1. The highest BCUT2D eigenvalue weighted by Crippen LogP contribution is 2.44. The highest BCUT2D eigenvalue weighted by atomic mass is 16.3. The number of amides is 3. The second kappa shape index (κ2) is 6.01. The van der Waals surface area contributed by atoms with E-state index < -0.39 is 6.04 Å². The average molecular weight is 353 g/mol. The fourth-order valence-corrected chi connectivity index (χ4v) is 3.99. The lowest BCUT2D eigenvalue weighted by molar-refractivity contribution is -0.122. The molecule has 2 aliphatic rings. The SMILES string of the molecule is CNC(=O)[C@@H]1C[C@H]2CN(C)C(=O)c3cccc(c32)N1C(=O)c1ccco1. The van der Waals surface area contributed by atoms with Gasteiger partial charge in [0.2, 0.25) is 5.91 Å². The third-order valence-corrected chi connectivity index (χ3v) is 5.14. The molecule has 2 aromatic rings. The van der Waals surface area contributed by atoms with Crippen molar-refractivity contribution in [3.05, 3.63) is 53.5 Å². The standard InChI is InChI=1S/C19H19N3O4/c1-20-17(23)14-9-11-10-21(2)18(24)12-5-3-6-13(16(11)12)22(14)19(25)15-7-4-8-26-15/h3-8,11,14H,9-10H2,1-2H3,(H,20,23)/t11-,14-/m0/s1. The number of benzene rings is 1. The van der Waals surface area contributed by atoms with Gasteiger partial charge in [-0.1, -0.05) is 6.07 Å². The maximum Gasteiger partial charge on any atom is 0.294 e. The fraction of sp³-hybridized carbons (Fsp3) is 0.316. The molecule has 7 nitrogen and oxygen atoms in total. The van der Waals surface area contributed by atoms with Crippen LogP contribution in [0.15, 0.2) is 41.0 Å². The van der Waals surface area contributed by atoms with Gasteiger partial charge in [-0.05, 0) is 36.2 Å². The van der Waals surface area contributed by atoms with Crippen molar-refractivity contribution in [1.82, 2.24) is 10.2 Å². The van der Waals surface area contributed by atoms with Gasteiger partial charge in [0.1, 0.15) is 6.04 Å². The summed E-state index contributed by atoms with van der Waals surface area (Å²) in [5.74, 6) is -0.523. The van der Waals surface area contributed by atoms with Gasteiger partial charge >= 0.3 is 0 Å². The Morgan fingerprint density at radius 1 is 1.23 bits per heavy atom. The number of carbonyl (C=O) groups is 3. The molecule has 3 amide bonds. The molecule has 0 bridgehead atoms. The van der Waals surface area contributed by atoms with E-state index in [9.17, 15) is 14.4 Å². The van der Waals surface area contributed by atoms with Crippen molar-refractivity contribution in [1.29, 1.82) is 0 Å². The summed E-state index contributed by atoms with van der Waals surface area (Å²) in [7, 11) is 3.31. The van der Waals surface area contributed by atoms with E-state index in [1.807, 2.05) is 0 Å². The topological polar surface area (TPSA) is 82.9 Å². The van der Waals surface area contributed by atoms with E-state index in [4.69, 9.17) is 4.42 Å². The third kappa shape index (κ3) is 2.31. The first kappa shape index (κ1) is 16.4. The number of anilines is 1. The highest BCUT2D eigenvalue weighted by Gasteiger charge is 2.44. The largest absolute Gasteiger partial charge is 0.459 e. The lowest BCUT2D eigenvalue weighted by Crippen LogP contribution is -2.54. The molecule has 0 saturated carbocycles. The van der Waals surface area contributed by atoms with Crippen molar-refractivity contribution in [2.24, 2.45) is 0 Å². The van der Waals surface area contributed by atoms with Crippen LogP contribution in [0.1, 0.15) is 38.8 Å². The second-order valence-corrected chi connectivity index (χ2v) is 6.64. The van der Waals surface area contributed by atoms with E-state index in [2.05, 4.69) is 5.32 Å². The number of likely N-dealkylation sites (N-methyl/N-ethyl adjacent to an activating group) is 2. The van der Waals surface area contributed by atoms with Crippen molar-refractivity contribution < 1.29 is 18.8 Å². The maximum atomic E-state index is 13.1. The summed E-state index contributed by atoms with van der Waals surface area (Å²) in [5.41, 5.74) is 2.04. The molecule has 4 rings (SSSR count). The van der Waals surface area contributed by atoms with Gasteiger partial charge in [-0.2, -0.15) is 0 Å². The molecular weight excluding hydrogens is 334 g/mol. The Kier molecular flexibility index (Phi) is 3.79. The van der Waals surface area contributed by atoms with E-state index in [1.54, 1.807) is 49.3 Å². The van der Waals surface area contributed by atoms with Crippen LogP contribution in [-0.2, 0) is 4.79 Å². The predicted octanol–water partition coefficient (Wildman–Crippen LogP) is 1.61. The van der Waals surface area contributed by atoms with Gasteiger partial charge in [-0.25, -0.2) is 0 Å². The Balaban J connectivity index is 1.90. The van der Waals surface area contributed by atoms with Crippen molar-refractivity contribution in [3.8, 4) is 0 Å². The van der Waals surface area contributed by atoms with Crippen LogP contribution < -0.4 is 10.2 Å². The number of hydrogen-bond donors (Lipinski definition) is 1. The summed E-state index contributed by atoms with van der Waals surface area (Å²) in [4.78, 5) is 41.3. The summed E-state index contributed by atoms with van der Waals surface area (Å²) < 4.78 is 5.26. The predicted molar refractivity (Wildman–Crippen MR) is 94.1 cm³/mol. The van der Waals surface area contributed by atoms with Crippen molar-refractivity contribution in [2.75, 3.05) is 25.5 Å². The minimum atomic E-state index is -0.660. The normalized spacial score (nSPS) is 21.4. The van der Waals surface area contributed by atoms with Gasteiger partial charge < -0.3 is 14.6 Å². The number of nitrogens with zero attached hydrogens (tertiary/aromatic N) is 2. The summed E-state index contributed by atoms with van der Waals surface area (Å²) in [5, 5.41) is 2.65.